The van der Waals surface area contributed by atoms with Crippen molar-refractivity contribution in [3.8, 4) is 0 Å². The molecule has 2 aromatic rings. The van der Waals surface area contributed by atoms with Crippen molar-refractivity contribution in [2.24, 2.45) is 5.92 Å². The Balaban J connectivity index is 2.57. The van der Waals surface area contributed by atoms with Crippen LogP contribution in [0, 0.1) is 5.92 Å². The van der Waals surface area contributed by atoms with E-state index in [1.165, 1.54) is 0 Å². The van der Waals surface area contributed by atoms with Gasteiger partial charge in [0, 0.05) is 24.6 Å². The van der Waals surface area contributed by atoms with Gasteiger partial charge in [-0.25, -0.2) is 0 Å². The second kappa shape index (κ2) is 9.03. The zero-order valence-electron chi connectivity index (χ0n) is 14.6. The van der Waals surface area contributed by atoms with Crippen molar-refractivity contribution in [1.82, 2.24) is 5.32 Å². The van der Waals surface area contributed by atoms with Crippen molar-refractivity contribution in [2.75, 3.05) is 14.2 Å². The molecule has 0 saturated heterocycles. The molecule has 0 amide bonds. The molecule has 128 valence electrons. The fourth-order valence-electron chi connectivity index (χ4n) is 3.54. The maximum atomic E-state index is 6.24. The van der Waals surface area contributed by atoms with E-state index in [4.69, 9.17) is 16.3 Å². The van der Waals surface area contributed by atoms with Crippen LogP contribution in [0.4, 0.5) is 0 Å². The first kappa shape index (κ1) is 18.7. The highest BCUT2D eigenvalue weighted by molar-refractivity contribution is 6.25. The van der Waals surface area contributed by atoms with Crippen molar-refractivity contribution in [2.45, 2.75) is 25.0 Å². The maximum Gasteiger partial charge on any atom is 0.122 e. The number of hydrogen-bond donors (Lipinski definition) is 1. The Labute approximate surface area is 150 Å². The van der Waals surface area contributed by atoms with Crippen LogP contribution in [0.25, 0.3) is 0 Å². The number of hydrogen-bond acceptors (Lipinski definition) is 2. The normalized spacial score (nSPS) is 14.7. The molecule has 2 rings (SSSR count). The lowest BCUT2D eigenvalue weighted by atomic mass is 9.73. The molecule has 3 heteroatoms. The van der Waals surface area contributed by atoms with Gasteiger partial charge in [-0.2, -0.15) is 0 Å². The molecule has 0 aliphatic rings. The molecule has 0 bridgehead atoms. The van der Waals surface area contributed by atoms with E-state index >= 15 is 0 Å². The Morgan fingerprint density at radius 3 is 1.92 bits per heavy atom. The molecule has 1 N–H and O–H groups in total. The summed E-state index contributed by atoms with van der Waals surface area (Å²) in [4.78, 5) is 0. The first-order valence-electron chi connectivity index (χ1n) is 8.29. The fraction of sp³-hybridized carbons (Fsp3) is 0.333. The smallest absolute Gasteiger partial charge is 0.122 e. The third-order valence-electron chi connectivity index (χ3n) is 4.82. The highest BCUT2D eigenvalue weighted by atomic mass is 35.5. The first-order chi connectivity index (χ1) is 11.7. The first-order valence-corrected chi connectivity index (χ1v) is 8.73. The van der Waals surface area contributed by atoms with Crippen LogP contribution in [-0.4, -0.2) is 20.2 Å². The number of rotatable bonds is 8. The zero-order chi connectivity index (χ0) is 17.4. The minimum atomic E-state index is -0.531. The van der Waals surface area contributed by atoms with E-state index in [1.807, 2.05) is 25.3 Å². The van der Waals surface area contributed by atoms with E-state index in [2.05, 4.69) is 60.8 Å². The largest absolute Gasteiger partial charge is 0.368 e. The quantitative estimate of drug-likeness (QED) is 0.732. The lowest BCUT2D eigenvalue weighted by Gasteiger charge is -2.42. The van der Waals surface area contributed by atoms with Crippen LogP contribution in [-0.2, 0) is 10.3 Å². The van der Waals surface area contributed by atoms with Crippen molar-refractivity contribution in [1.29, 1.82) is 0 Å². The van der Waals surface area contributed by atoms with Gasteiger partial charge >= 0.3 is 0 Å². The second-order valence-corrected chi connectivity index (χ2v) is 6.21. The second-order valence-electron chi connectivity index (χ2n) is 5.95. The Morgan fingerprint density at radius 2 is 1.54 bits per heavy atom. The third kappa shape index (κ3) is 3.72. The Hall–Kier alpha value is -1.61. The summed E-state index contributed by atoms with van der Waals surface area (Å²) in [5, 5.41) is 3.43. The van der Waals surface area contributed by atoms with Gasteiger partial charge in [-0.1, -0.05) is 85.3 Å². The summed E-state index contributed by atoms with van der Waals surface area (Å²) in [6.45, 7) is 2.23. The van der Waals surface area contributed by atoms with Crippen LogP contribution in [0.2, 0.25) is 0 Å². The monoisotopic (exact) mass is 343 g/mol. The van der Waals surface area contributed by atoms with E-state index in [1.54, 1.807) is 12.6 Å². The Morgan fingerprint density at radius 1 is 1.04 bits per heavy atom. The van der Waals surface area contributed by atoms with E-state index in [0.717, 1.165) is 17.5 Å². The number of halogens is 1. The van der Waals surface area contributed by atoms with Gasteiger partial charge in [0.2, 0.25) is 0 Å². The van der Waals surface area contributed by atoms with Gasteiger partial charge in [0.05, 0.1) is 0 Å². The van der Waals surface area contributed by atoms with Crippen LogP contribution < -0.4 is 5.32 Å². The molecule has 2 unspecified atom stereocenters. The summed E-state index contributed by atoms with van der Waals surface area (Å²) in [5.74, 6) is 0.185. The minimum Gasteiger partial charge on any atom is -0.368 e. The molecule has 2 atom stereocenters. The van der Waals surface area contributed by atoms with Crippen LogP contribution >= 0.6 is 11.6 Å². The van der Waals surface area contributed by atoms with Crippen molar-refractivity contribution in [3.05, 3.63) is 83.4 Å². The van der Waals surface area contributed by atoms with Crippen LogP contribution in [0.5, 0.6) is 0 Å². The third-order valence-corrected chi connectivity index (χ3v) is 5.00. The van der Waals surface area contributed by atoms with Crippen LogP contribution in [0.15, 0.2) is 72.3 Å². The zero-order valence-corrected chi connectivity index (χ0v) is 15.3. The molecular formula is C21H26ClNO. The van der Waals surface area contributed by atoms with Crippen LogP contribution in [0.3, 0.4) is 0 Å². The lowest BCUT2D eigenvalue weighted by Crippen LogP contribution is -2.47. The van der Waals surface area contributed by atoms with Crippen LogP contribution in [0.1, 0.15) is 24.5 Å². The molecule has 2 nitrogen and oxygen atoms in total. The molecule has 0 heterocycles. The van der Waals surface area contributed by atoms with E-state index in [-0.39, 0.29) is 12.0 Å². The van der Waals surface area contributed by atoms with Gasteiger partial charge in [0.15, 0.2) is 0 Å². The SMILES string of the molecule is CNC(C/C=C/Cl)C(C)C(OC)(c1ccccc1)c1ccccc1. The topological polar surface area (TPSA) is 21.3 Å². The lowest BCUT2D eigenvalue weighted by molar-refractivity contribution is -0.0351. The Bertz CT molecular complexity index is 587. The molecule has 2 aromatic carbocycles. The van der Waals surface area contributed by atoms with Gasteiger partial charge in [-0.15, -0.1) is 0 Å². The van der Waals surface area contributed by atoms with Crippen molar-refractivity contribution < 1.29 is 4.74 Å². The highest BCUT2D eigenvalue weighted by Gasteiger charge is 2.42. The predicted molar refractivity (Wildman–Crippen MR) is 102 cm³/mol. The summed E-state index contributed by atoms with van der Waals surface area (Å²) >= 11 is 5.75. The average Bonchev–Trinajstić information content (AvgIpc) is 2.65. The summed E-state index contributed by atoms with van der Waals surface area (Å²) in [7, 11) is 3.78. The number of methoxy groups -OCH3 is 1. The summed E-state index contributed by atoms with van der Waals surface area (Å²) in [6.07, 6.45) is 2.82. The molecule has 0 aliphatic heterocycles. The maximum absolute atomic E-state index is 6.24. The standard InChI is InChI=1S/C21H26ClNO/c1-17(20(23-2)15-10-16-22)21(24-3,18-11-6-4-7-12-18)19-13-8-5-9-14-19/h4-14,16-17,20,23H,15H2,1-3H3/b16-10+. The van der Waals surface area contributed by atoms with E-state index < -0.39 is 5.60 Å². The molecule has 24 heavy (non-hydrogen) atoms. The molecular weight excluding hydrogens is 318 g/mol. The molecule has 0 fully saturated rings. The summed E-state index contributed by atoms with van der Waals surface area (Å²) in [6, 6.07) is 21.1. The van der Waals surface area contributed by atoms with Gasteiger partial charge in [0.1, 0.15) is 5.60 Å². The fourth-order valence-corrected chi connectivity index (χ4v) is 3.64. The van der Waals surface area contributed by atoms with Gasteiger partial charge in [-0.05, 0) is 24.6 Å². The van der Waals surface area contributed by atoms with Gasteiger partial charge in [0.25, 0.3) is 0 Å². The molecule has 0 aromatic heterocycles. The van der Waals surface area contributed by atoms with E-state index in [0.29, 0.717) is 0 Å². The summed E-state index contributed by atoms with van der Waals surface area (Å²) < 4.78 is 6.24. The molecule has 0 saturated carbocycles. The highest BCUT2D eigenvalue weighted by Crippen LogP contribution is 2.42. The summed E-state index contributed by atoms with van der Waals surface area (Å²) in [5.41, 5.74) is 3.36. The minimum absolute atomic E-state index is 0.185. The number of nitrogens with one attached hydrogen (secondary N) is 1. The molecule has 0 radical (unpaired) electrons. The Kier molecular flexibility index (Phi) is 7.04. The predicted octanol–water partition coefficient (Wildman–Crippen LogP) is 4.94. The number of benzene rings is 2. The molecule has 0 aliphatic carbocycles. The van der Waals surface area contributed by atoms with Crippen molar-refractivity contribution >= 4 is 11.6 Å². The molecule has 0 spiro atoms. The van der Waals surface area contributed by atoms with Gasteiger partial charge in [-0.3, -0.25) is 0 Å². The van der Waals surface area contributed by atoms with Crippen molar-refractivity contribution in [3.63, 3.8) is 0 Å². The average molecular weight is 344 g/mol. The van der Waals surface area contributed by atoms with Gasteiger partial charge < -0.3 is 10.1 Å². The van der Waals surface area contributed by atoms with E-state index in [9.17, 15) is 0 Å². The number of ether oxygens (including phenoxy) is 1.